The van der Waals surface area contributed by atoms with Gasteiger partial charge in [0.1, 0.15) is 6.61 Å². The Morgan fingerprint density at radius 2 is 1.43 bits per heavy atom. The third-order valence-electron chi connectivity index (χ3n) is 1.85. The number of hydrogen-bond donors (Lipinski definition) is 2. The standard InChI is InChI=1S/C10H22O4/c1-3-5-7-13-10(12,9-11)14-8-6-4-2/h11-12H,3-9H2,1-2H3. The van der Waals surface area contributed by atoms with E-state index in [2.05, 4.69) is 0 Å². The highest BCUT2D eigenvalue weighted by Gasteiger charge is 2.27. The summed E-state index contributed by atoms with van der Waals surface area (Å²) in [4.78, 5) is 0. The van der Waals surface area contributed by atoms with E-state index in [4.69, 9.17) is 14.6 Å². The summed E-state index contributed by atoms with van der Waals surface area (Å²) in [5.41, 5.74) is 0. The van der Waals surface area contributed by atoms with E-state index in [1.165, 1.54) is 0 Å². The van der Waals surface area contributed by atoms with Crippen molar-refractivity contribution in [3.05, 3.63) is 0 Å². The third-order valence-corrected chi connectivity index (χ3v) is 1.85. The molecule has 0 saturated heterocycles. The Bertz CT molecular complexity index is 117. The topological polar surface area (TPSA) is 58.9 Å². The maximum Gasteiger partial charge on any atom is 0.305 e. The summed E-state index contributed by atoms with van der Waals surface area (Å²) in [7, 11) is 0. The summed E-state index contributed by atoms with van der Waals surface area (Å²) in [5, 5.41) is 18.5. The number of hydrogen-bond acceptors (Lipinski definition) is 4. The van der Waals surface area contributed by atoms with Gasteiger partial charge in [0.15, 0.2) is 0 Å². The van der Waals surface area contributed by atoms with Gasteiger partial charge < -0.3 is 19.7 Å². The van der Waals surface area contributed by atoms with Crippen LogP contribution >= 0.6 is 0 Å². The highest BCUT2D eigenvalue weighted by Crippen LogP contribution is 2.10. The van der Waals surface area contributed by atoms with Crippen LogP contribution in [-0.4, -0.2) is 36.0 Å². The van der Waals surface area contributed by atoms with Crippen LogP contribution in [0, 0.1) is 0 Å². The van der Waals surface area contributed by atoms with Gasteiger partial charge in [-0.1, -0.05) is 26.7 Å². The first-order valence-corrected chi connectivity index (χ1v) is 5.29. The van der Waals surface area contributed by atoms with Crippen LogP contribution in [0.3, 0.4) is 0 Å². The van der Waals surface area contributed by atoms with Crippen LogP contribution in [0.2, 0.25) is 0 Å². The lowest BCUT2D eigenvalue weighted by molar-refractivity contribution is -0.372. The fraction of sp³-hybridized carbons (Fsp3) is 1.00. The summed E-state index contributed by atoms with van der Waals surface area (Å²) in [6.07, 6.45) is 3.66. The highest BCUT2D eigenvalue weighted by atomic mass is 16.8. The Morgan fingerprint density at radius 1 is 1.00 bits per heavy atom. The normalized spacial score (nSPS) is 12.0. The van der Waals surface area contributed by atoms with Gasteiger partial charge in [-0.25, -0.2) is 0 Å². The molecule has 86 valence electrons. The zero-order chi connectivity index (χ0) is 10.9. The maximum absolute atomic E-state index is 9.58. The second-order valence-corrected chi connectivity index (χ2v) is 3.27. The molecule has 0 rings (SSSR count). The Morgan fingerprint density at radius 3 is 1.71 bits per heavy atom. The van der Waals surface area contributed by atoms with Gasteiger partial charge in [-0.15, -0.1) is 0 Å². The first kappa shape index (κ1) is 13.8. The smallest absolute Gasteiger partial charge is 0.305 e. The van der Waals surface area contributed by atoms with E-state index in [-0.39, 0.29) is 0 Å². The zero-order valence-corrected chi connectivity index (χ0v) is 9.16. The summed E-state index contributed by atoms with van der Waals surface area (Å²) in [6.45, 7) is 4.33. The molecular formula is C10H22O4. The SMILES string of the molecule is CCCCOC(O)(CO)OCCCC. The van der Waals surface area contributed by atoms with Crippen LogP contribution in [0.4, 0.5) is 0 Å². The van der Waals surface area contributed by atoms with Crippen LogP contribution < -0.4 is 0 Å². The minimum atomic E-state index is -1.80. The van der Waals surface area contributed by atoms with Crippen molar-refractivity contribution in [1.82, 2.24) is 0 Å². The van der Waals surface area contributed by atoms with Gasteiger partial charge >= 0.3 is 5.97 Å². The first-order valence-electron chi connectivity index (χ1n) is 5.29. The minimum absolute atomic E-state index is 0.402. The molecule has 0 aromatic rings. The molecule has 0 saturated carbocycles. The largest absolute Gasteiger partial charge is 0.388 e. The van der Waals surface area contributed by atoms with Crippen molar-refractivity contribution in [3.8, 4) is 0 Å². The monoisotopic (exact) mass is 206 g/mol. The average molecular weight is 206 g/mol. The molecule has 0 amide bonds. The molecule has 0 unspecified atom stereocenters. The minimum Gasteiger partial charge on any atom is -0.388 e. The molecule has 4 nitrogen and oxygen atoms in total. The van der Waals surface area contributed by atoms with Crippen LogP contribution in [0.5, 0.6) is 0 Å². The van der Waals surface area contributed by atoms with Crippen LogP contribution in [0.25, 0.3) is 0 Å². The predicted molar refractivity (Wildman–Crippen MR) is 53.8 cm³/mol. The molecule has 0 atom stereocenters. The molecule has 0 fully saturated rings. The average Bonchev–Trinajstić information content (AvgIpc) is 2.19. The van der Waals surface area contributed by atoms with E-state index >= 15 is 0 Å². The van der Waals surface area contributed by atoms with Crippen molar-refractivity contribution in [2.75, 3.05) is 19.8 Å². The van der Waals surface area contributed by atoms with Crippen molar-refractivity contribution in [3.63, 3.8) is 0 Å². The third kappa shape index (κ3) is 6.32. The molecule has 0 aliphatic heterocycles. The first-order chi connectivity index (χ1) is 6.68. The van der Waals surface area contributed by atoms with Gasteiger partial charge in [0.25, 0.3) is 0 Å². The lowest BCUT2D eigenvalue weighted by atomic mass is 10.3. The molecule has 0 heterocycles. The molecule has 0 spiro atoms. The highest BCUT2D eigenvalue weighted by molar-refractivity contribution is 4.51. The fourth-order valence-electron chi connectivity index (χ4n) is 0.885. The van der Waals surface area contributed by atoms with Crippen molar-refractivity contribution in [2.45, 2.75) is 45.5 Å². The van der Waals surface area contributed by atoms with Gasteiger partial charge in [-0.05, 0) is 12.8 Å². The van der Waals surface area contributed by atoms with E-state index in [0.717, 1.165) is 25.7 Å². The quantitative estimate of drug-likeness (QED) is 0.440. The molecular weight excluding hydrogens is 184 g/mol. The molecule has 0 radical (unpaired) electrons. The lowest BCUT2D eigenvalue weighted by Crippen LogP contribution is -2.40. The molecule has 2 N–H and O–H groups in total. The van der Waals surface area contributed by atoms with Crippen LogP contribution in [0.1, 0.15) is 39.5 Å². The van der Waals surface area contributed by atoms with Gasteiger partial charge in [0.05, 0.1) is 13.2 Å². The molecule has 4 heteroatoms. The summed E-state index contributed by atoms with van der Waals surface area (Å²) < 4.78 is 10.1. The fourth-order valence-corrected chi connectivity index (χ4v) is 0.885. The van der Waals surface area contributed by atoms with E-state index in [9.17, 15) is 5.11 Å². The Balaban J connectivity index is 3.67. The van der Waals surface area contributed by atoms with Gasteiger partial charge in [0.2, 0.25) is 0 Å². The summed E-state index contributed by atoms with van der Waals surface area (Å²) in [5.74, 6) is -1.80. The number of aliphatic hydroxyl groups is 2. The Labute approximate surface area is 85.8 Å². The second kappa shape index (κ2) is 8.17. The number of ether oxygens (including phenoxy) is 2. The molecule has 0 aliphatic rings. The van der Waals surface area contributed by atoms with Crippen LogP contribution in [0.15, 0.2) is 0 Å². The molecule has 0 bridgehead atoms. The van der Waals surface area contributed by atoms with E-state index < -0.39 is 12.6 Å². The van der Waals surface area contributed by atoms with Crippen molar-refractivity contribution in [1.29, 1.82) is 0 Å². The van der Waals surface area contributed by atoms with Crippen molar-refractivity contribution >= 4 is 0 Å². The molecule has 0 aliphatic carbocycles. The summed E-state index contributed by atoms with van der Waals surface area (Å²) in [6, 6.07) is 0. The second-order valence-electron chi connectivity index (χ2n) is 3.27. The van der Waals surface area contributed by atoms with Gasteiger partial charge in [-0.2, -0.15) is 0 Å². The molecule has 0 aromatic heterocycles. The number of aliphatic hydroxyl groups excluding tert-OH is 1. The maximum atomic E-state index is 9.58. The van der Waals surface area contributed by atoms with Crippen molar-refractivity contribution in [2.24, 2.45) is 0 Å². The van der Waals surface area contributed by atoms with E-state index in [1.807, 2.05) is 13.8 Å². The summed E-state index contributed by atoms with van der Waals surface area (Å²) >= 11 is 0. The number of rotatable bonds is 9. The Kier molecular flexibility index (Phi) is 8.08. The van der Waals surface area contributed by atoms with Gasteiger partial charge in [-0.3, -0.25) is 0 Å². The van der Waals surface area contributed by atoms with E-state index in [0.29, 0.717) is 13.2 Å². The molecule has 0 aromatic carbocycles. The Hall–Kier alpha value is -0.160. The van der Waals surface area contributed by atoms with Gasteiger partial charge in [0, 0.05) is 0 Å². The zero-order valence-electron chi connectivity index (χ0n) is 9.16. The predicted octanol–water partition coefficient (Wildman–Crippen LogP) is 1.26. The van der Waals surface area contributed by atoms with Crippen molar-refractivity contribution < 1.29 is 19.7 Å². The number of unbranched alkanes of at least 4 members (excludes halogenated alkanes) is 2. The lowest BCUT2D eigenvalue weighted by Gasteiger charge is -2.25. The molecule has 14 heavy (non-hydrogen) atoms. The van der Waals surface area contributed by atoms with E-state index in [1.54, 1.807) is 0 Å². The van der Waals surface area contributed by atoms with Crippen LogP contribution in [-0.2, 0) is 9.47 Å².